The van der Waals surface area contributed by atoms with E-state index in [1.165, 1.54) is 12.1 Å². The van der Waals surface area contributed by atoms with Gasteiger partial charge in [-0.3, -0.25) is 10.1 Å². The maximum atomic E-state index is 13.0. The lowest BCUT2D eigenvalue weighted by Crippen LogP contribution is -2.20. The van der Waals surface area contributed by atoms with E-state index in [0.717, 1.165) is 17.2 Å². The van der Waals surface area contributed by atoms with Crippen molar-refractivity contribution in [2.75, 3.05) is 0 Å². The first-order chi connectivity index (χ1) is 14.4. The van der Waals surface area contributed by atoms with Crippen molar-refractivity contribution in [3.63, 3.8) is 0 Å². The number of hydrogen-bond acceptors (Lipinski definition) is 5. The van der Waals surface area contributed by atoms with Crippen molar-refractivity contribution in [3.8, 4) is 0 Å². The number of benzene rings is 3. The Balaban J connectivity index is 2.02. The Morgan fingerprint density at radius 2 is 1.47 bits per heavy atom. The number of nitrogens with zero attached hydrogens (tertiary/aromatic N) is 1. The monoisotopic (exact) mass is 405 g/mol. The van der Waals surface area contributed by atoms with Crippen LogP contribution in [0.1, 0.15) is 50.8 Å². The number of nitro groups is 1. The van der Waals surface area contributed by atoms with Gasteiger partial charge in [-0.15, -0.1) is 0 Å². The second kappa shape index (κ2) is 9.00. The second-order valence-corrected chi connectivity index (χ2v) is 6.70. The van der Waals surface area contributed by atoms with Crippen LogP contribution in [0.25, 0.3) is 0 Å². The fourth-order valence-electron chi connectivity index (χ4n) is 3.30. The molecular weight excluding hydrogens is 386 g/mol. The SMILES string of the molecule is C[C@@H](c1ccccc1)[C@@H](OC(=O)c1cccc([N+](=O)[O-])c1C(=O)O)c1ccccc1. The van der Waals surface area contributed by atoms with Gasteiger partial charge < -0.3 is 9.84 Å². The fraction of sp³-hybridized carbons (Fsp3) is 0.130. The van der Waals surface area contributed by atoms with Crippen LogP contribution in [0.2, 0.25) is 0 Å². The number of ether oxygens (including phenoxy) is 1. The standard InChI is InChI=1S/C23H19NO6/c1-15(16-9-4-2-5-10-16)21(17-11-6-3-7-12-17)30-23(27)18-13-8-14-19(24(28)29)20(18)22(25)26/h2-15,21H,1H3,(H,25,26)/t15-,21+/m0/s1. The summed E-state index contributed by atoms with van der Waals surface area (Å²) in [5, 5.41) is 20.7. The quantitative estimate of drug-likeness (QED) is 0.337. The lowest BCUT2D eigenvalue weighted by Gasteiger charge is -2.25. The van der Waals surface area contributed by atoms with Crippen molar-refractivity contribution in [3.05, 3.63) is 111 Å². The number of rotatable bonds is 7. The van der Waals surface area contributed by atoms with Crippen LogP contribution >= 0.6 is 0 Å². The molecule has 0 unspecified atom stereocenters. The molecule has 3 aromatic carbocycles. The summed E-state index contributed by atoms with van der Waals surface area (Å²) < 4.78 is 5.74. The summed E-state index contributed by atoms with van der Waals surface area (Å²) in [6, 6.07) is 22.0. The summed E-state index contributed by atoms with van der Waals surface area (Å²) in [6.07, 6.45) is -0.720. The number of hydrogen-bond donors (Lipinski definition) is 1. The zero-order valence-electron chi connectivity index (χ0n) is 16.1. The van der Waals surface area contributed by atoms with Crippen LogP contribution in [0.4, 0.5) is 5.69 Å². The Kier molecular flexibility index (Phi) is 6.22. The molecule has 30 heavy (non-hydrogen) atoms. The molecule has 1 N–H and O–H groups in total. The molecule has 0 amide bonds. The third-order valence-electron chi connectivity index (χ3n) is 4.81. The third-order valence-corrected chi connectivity index (χ3v) is 4.81. The Morgan fingerprint density at radius 1 is 0.900 bits per heavy atom. The highest BCUT2D eigenvalue weighted by Gasteiger charge is 2.31. The predicted octanol–water partition coefficient (Wildman–Crippen LogP) is 4.99. The van der Waals surface area contributed by atoms with E-state index in [0.29, 0.717) is 0 Å². The maximum absolute atomic E-state index is 13.0. The fourth-order valence-corrected chi connectivity index (χ4v) is 3.30. The van der Waals surface area contributed by atoms with Gasteiger partial charge in [0.25, 0.3) is 5.69 Å². The first-order valence-electron chi connectivity index (χ1n) is 9.21. The minimum absolute atomic E-state index is 0.246. The Bertz CT molecular complexity index is 1070. The highest BCUT2D eigenvalue weighted by Crippen LogP contribution is 2.35. The molecule has 0 bridgehead atoms. The van der Waals surface area contributed by atoms with Gasteiger partial charge in [-0.2, -0.15) is 0 Å². The van der Waals surface area contributed by atoms with Crippen molar-refractivity contribution < 1.29 is 24.4 Å². The molecule has 0 fully saturated rings. The van der Waals surface area contributed by atoms with Gasteiger partial charge in [-0.1, -0.05) is 73.7 Å². The molecule has 3 rings (SSSR count). The van der Waals surface area contributed by atoms with Crippen LogP contribution in [0, 0.1) is 10.1 Å². The molecule has 0 saturated heterocycles. The molecule has 7 heteroatoms. The summed E-state index contributed by atoms with van der Waals surface area (Å²) in [7, 11) is 0. The van der Waals surface area contributed by atoms with Gasteiger partial charge in [0.2, 0.25) is 0 Å². The molecule has 0 heterocycles. The van der Waals surface area contributed by atoms with E-state index in [2.05, 4.69) is 0 Å². The average Bonchev–Trinajstić information content (AvgIpc) is 2.77. The number of carbonyl (C=O) groups is 2. The number of nitro benzene ring substituents is 1. The smallest absolute Gasteiger partial charge is 0.343 e. The summed E-state index contributed by atoms with van der Waals surface area (Å²) >= 11 is 0. The Labute approximate surface area is 172 Å². The zero-order valence-corrected chi connectivity index (χ0v) is 16.1. The number of carbonyl (C=O) groups excluding carboxylic acids is 1. The van der Waals surface area contributed by atoms with Crippen LogP contribution in [0.5, 0.6) is 0 Å². The lowest BCUT2D eigenvalue weighted by molar-refractivity contribution is -0.385. The number of carboxylic acids is 1. The van der Waals surface area contributed by atoms with E-state index in [-0.39, 0.29) is 11.5 Å². The Hall–Kier alpha value is -4.00. The molecule has 7 nitrogen and oxygen atoms in total. The first-order valence-corrected chi connectivity index (χ1v) is 9.21. The minimum Gasteiger partial charge on any atom is -0.477 e. The number of carboxylic acid groups (broad SMARTS) is 1. The molecule has 0 saturated carbocycles. The minimum atomic E-state index is -1.57. The van der Waals surface area contributed by atoms with Crippen LogP contribution in [0.15, 0.2) is 78.9 Å². The average molecular weight is 405 g/mol. The molecular formula is C23H19NO6. The van der Waals surface area contributed by atoms with Crippen molar-refractivity contribution in [2.45, 2.75) is 18.9 Å². The molecule has 0 aliphatic carbocycles. The molecule has 0 radical (unpaired) electrons. The van der Waals surface area contributed by atoms with Gasteiger partial charge in [-0.25, -0.2) is 9.59 Å². The normalized spacial score (nSPS) is 12.6. The molecule has 0 aromatic heterocycles. The van der Waals surface area contributed by atoms with Crippen LogP contribution in [-0.2, 0) is 4.74 Å². The van der Waals surface area contributed by atoms with Crippen molar-refractivity contribution in [1.29, 1.82) is 0 Å². The third kappa shape index (κ3) is 4.35. The van der Waals surface area contributed by atoms with E-state index in [1.807, 2.05) is 67.6 Å². The van der Waals surface area contributed by atoms with E-state index >= 15 is 0 Å². The zero-order chi connectivity index (χ0) is 21.7. The van der Waals surface area contributed by atoms with Gasteiger partial charge in [-0.05, 0) is 17.2 Å². The van der Waals surface area contributed by atoms with Gasteiger partial charge >= 0.3 is 11.9 Å². The van der Waals surface area contributed by atoms with Gasteiger partial charge in [0.05, 0.1) is 10.5 Å². The lowest BCUT2D eigenvalue weighted by atomic mass is 9.90. The molecule has 0 aliphatic heterocycles. The van der Waals surface area contributed by atoms with E-state index < -0.39 is 34.2 Å². The summed E-state index contributed by atoms with van der Waals surface area (Å²) in [5.74, 6) is -2.75. The van der Waals surface area contributed by atoms with Gasteiger partial charge in [0.1, 0.15) is 6.10 Å². The topological polar surface area (TPSA) is 107 Å². The summed E-state index contributed by atoms with van der Waals surface area (Å²) in [5.41, 5.74) is -0.0601. The highest BCUT2D eigenvalue weighted by molar-refractivity contribution is 6.05. The van der Waals surface area contributed by atoms with Gasteiger partial charge in [0.15, 0.2) is 5.56 Å². The summed E-state index contributed by atoms with van der Waals surface area (Å²) in [6.45, 7) is 1.89. The van der Waals surface area contributed by atoms with Crippen molar-refractivity contribution in [2.24, 2.45) is 0 Å². The van der Waals surface area contributed by atoms with Crippen LogP contribution < -0.4 is 0 Å². The highest BCUT2D eigenvalue weighted by atomic mass is 16.6. The Morgan fingerprint density at radius 3 is 2.00 bits per heavy atom. The largest absolute Gasteiger partial charge is 0.477 e. The summed E-state index contributed by atoms with van der Waals surface area (Å²) in [4.78, 5) is 35.0. The number of aromatic carboxylic acids is 1. The molecule has 152 valence electrons. The molecule has 2 atom stereocenters. The van der Waals surface area contributed by atoms with Gasteiger partial charge in [0, 0.05) is 12.0 Å². The molecule has 0 spiro atoms. The van der Waals surface area contributed by atoms with Crippen LogP contribution in [-0.4, -0.2) is 22.0 Å². The molecule has 0 aliphatic rings. The first kappa shape index (κ1) is 20.7. The van der Waals surface area contributed by atoms with Crippen molar-refractivity contribution in [1.82, 2.24) is 0 Å². The predicted molar refractivity (Wildman–Crippen MR) is 110 cm³/mol. The van der Waals surface area contributed by atoms with Crippen molar-refractivity contribution >= 4 is 17.6 Å². The second-order valence-electron chi connectivity index (χ2n) is 6.70. The van der Waals surface area contributed by atoms with E-state index in [9.17, 15) is 24.8 Å². The van der Waals surface area contributed by atoms with E-state index in [4.69, 9.17) is 4.74 Å². The maximum Gasteiger partial charge on any atom is 0.343 e. The van der Waals surface area contributed by atoms with E-state index in [1.54, 1.807) is 0 Å². The van der Waals surface area contributed by atoms with Crippen LogP contribution in [0.3, 0.4) is 0 Å². The molecule has 3 aromatic rings. The number of esters is 1.